The Balaban J connectivity index is 2.48. The lowest BCUT2D eigenvalue weighted by molar-refractivity contribution is 1.27. The third-order valence-electron chi connectivity index (χ3n) is 3.46. The van der Waals surface area contributed by atoms with Gasteiger partial charge in [0.15, 0.2) is 0 Å². The van der Waals surface area contributed by atoms with Crippen LogP contribution in [0.25, 0.3) is 27.5 Å². The number of hydrogen-bond donors (Lipinski definition) is 0. The maximum Gasteiger partial charge on any atom is 0.210 e. The number of fused-ring (bicyclic) bond motifs is 2. The van der Waals surface area contributed by atoms with Crippen molar-refractivity contribution in [2.75, 3.05) is 0 Å². The van der Waals surface area contributed by atoms with Crippen LogP contribution in [0.1, 0.15) is 5.56 Å². The van der Waals surface area contributed by atoms with Gasteiger partial charge in [-0.15, -0.1) is 0 Å². The van der Waals surface area contributed by atoms with Crippen molar-refractivity contribution in [2.45, 2.75) is 6.92 Å². The fraction of sp³-hybridized carbons (Fsp3) is 0.0667. The number of rotatable bonds is 0. The standard InChI is InChI=1S/C15H10N2O/c1-9-5-6-10-11(7-9)13-8-16-14-4-2-3-12(15(10)18)17(13)14/h2-8H,1H3. The lowest BCUT2D eigenvalue weighted by Gasteiger charge is -2.05. The zero-order valence-corrected chi connectivity index (χ0v) is 9.84. The van der Waals surface area contributed by atoms with E-state index >= 15 is 0 Å². The van der Waals surface area contributed by atoms with Crippen molar-refractivity contribution in [3.05, 3.63) is 58.4 Å². The Bertz CT molecular complexity index is 953. The summed E-state index contributed by atoms with van der Waals surface area (Å²) < 4.78 is 1.93. The van der Waals surface area contributed by atoms with E-state index in [-0.39, 0.29) is 5.43 Å². The van der Waals surface area contributed by atoms with Gasteiger partial charge >= 0.3 is 0 Å². The molecule has 0 saturated carbocycles. The van der Waals surface area contributed by atoms with Crippen molar-refractivity contribution >= 4 is 27.5 Å². The van der Waals surface area contributed by atoms with Gasteiger partial charge in [-0.05, 0) is 25.1 Å². The van der Waals surface area contributed by atoms with Crippen LogP contribution in [0, 0.1) is 6.92 Å². The van der Waals surface area contributed by atoms with E-state index in [2.05, 4.69) is 4.98 Å². The number of aryl methyl sites for hydroxylation is 1. The first-order valence-electron chi connectivity index (χ1n) is 5.88. The molecule has 0 aliphatic heterocycles. The molecule has 3 aromatic heterocycles. The lowest BCUT2D eigenvalue weighted by atomic mass is 10.1. The van der Waals surface area contributed by atoms with Gasteiger partial charge in [0.1, 0.15) is 5.65 Å². The Morgan fingerprint density at radius 1 is 1.06 bits per heavy atom. The Morgan fingerprint density at radius 2 is 1.94 bits per heavy atom. The van der Waals surface area contributed by atoms with E-state index in [0.29, 0.717) is 5.52 Å². The maximum absolute atomic E-state index is 12.5. The van der Waals surface area contributed by atoms with Gasteiger partial charge in [-0.2, -0.15) is 0 Å². The average molecular weight is 234 g/mol. The summed E-state index contributed by atoms with van der Waals surface area (Å²) in [6.45, 7) is 2.03. The zero-order chi connectivity index (χ0) is 12.3. The molecular formula is C15H10N2O. The van der Waals surface area contributed by atoms with E-state index in [1.54, 1.807) is 0 Å². The van der Waals surface area contributed by atoms with E-state index in [4.69, 9.17) is 0 Å². The van der Waals surface area contributed by atoms with Crippen molar-refractivity contribution in [3.8, 4) is 0 Å². The Labute approximate surface area is 103 Å². The topological polar surface area (TPSA) is 34.4 Å². The maximum atomic E-state index is 12.5. The number of benzene rings is 1. The molecule has 86 valence electrons. The van der Waals surface area contributed by atoms with Gasteiger partial charge in [0.05, 0.1) is 17.2 Å². The number of pyridine rings is 2. The second-order valence-electron chi connectivity index (χ2n) is 4.63. The van der Waals surface area contributed by atoms with E-state index in [9.17, 15) is 4.79 Å². The summed E-state index contributed by atoms with van der Waals surface area (Å²) in [6.07, 6.45) is 1.84. The first kappa shape index (κ1) is 9.59. The molecule has 0 atom stereocenters. The van der Waals surface area contributed by atoms with Crippen LogP contribution in [0.2, 0.25) is 0 Å². The summed E-state index contributed by atoms with van der Waals surface area (Å²) in [4.78, 5) is 16.8. The molecule has 3 heteroatoms. The molecule has 3 nitrogen and oxygen atoms in total. The first-order valence-corrected chi connectivity index (χ1v) is 5.88. The Kier molecular flexibility index (Phi) is 1.64. The largest absolute Gasteiger partial charge is 0.289 e. The third kappa shape index (κ3) is 1.03. The minimum Gasteiger partial charge on any atom is -0.289 e. The van der Waals surface area contributed by atoms with Crippen molar-refractivity contribution in [3.63, 3.8) is 0 Å². The zero-order valence-electron chi connectivity index (χ0n) is 9.84. The first-order chi connectivity index (χ1) is 8.75. The molecule has 0 N–H and O–H groups in total. The molecule has 0 spiro atoms. The smallest absolute Gasteiger partial charge is 0.210 e. The highest BCUT2D eigenvalue weighted by Crippen LogP contribution is 2.23. The van der Waals surface area contributed by atoms with Crippen molar-refractivity contribution in [1.29, 1.82) is 0 Å². The van der Waals surface area contributed by atoms with Gasteiger partial charge < -0.3 is 0 Å². The van der Waals surface area contributed by atoms with E-state index in [1.165, 1.54) is 0 Å². The summed E-state index contributed by atoms with van der Waals surface area (Å²) in [5.41, 5.74) is 3.73. The summed E-state index contributed by atoms with van der Waals surface area (Å²) in [5, 5.41) is 1.74. The molecule has 0 fully saturated rings. The highest BCUT2D eigenvalue weighted by atomic mass is 16.1. The van der Waals surface area contributed by atoms with Crippen LogP contribution in [0.5, 0.6) is 0 Å². The molecule has 0 bridgehead atoms. The van der Waals surface area contributed by atoms with E-state index in [0.717, 1.165) is 27.5 Å². The number of imidazole rings is 1. The van der Waals surface area contributed by atoms with Gasteiger partial charge in [0.25, 0.3) is 0 Å². The molecule has 1 aromatic carbocycles. The second-order valence-corrected chi connectivity index (χ2v) is 4.63. The third-order valence-corrected chi connectivity index (χ3v) is 3.46. The predicted octanol–water partition coefficient (Wildman–Crippen LogP) is 2.75. The number of nitrogens with zero attached hydrogens (tertiary/aromatic N) is 2. The van der Waals surface area contributed by atoms with Crippen molar-refractivity contribution in [1.82, 2.24) is 9.38 Å². The summed E-state index contributed by atoms with van der Waals surface area (Å²) in [6, 6.07) is 11.6. The SMILES string of the molecule is Cc1ccc2c(=O)c3cccc4ncc(c2c1)n43. The summed E-state index contributed by atoms with van der Waals surface area (Å²) in [5.74, 6) is 0. The molecule has 4 aromatic rings. The molecule has 4 rings (SSSR count). The number of hydrogen-bond acceptors (Lipinski definition) is 2. The second kappa shape index (κ2) is 3.07. The van der Waals surface area contributed by atoms with Gasteiger partial charge in [0.2, 0.25) is 5.43 Å². The minimum atomic E-state index is 0.0705. The summed E-state index contributed by atoms with van der Waals surface area (Å²) in [7, 11) is 0. The minimum absolute atomic E-state index is 0.0705. The predicted molar refractivity (Wildman–Crippen MR) is 72.4 cm³/mol. The normalized spacial score (nSPS) is 11.8. The molecule has 0 aliphatic carbocycles. The van der Waals surface area contributed by atoms with Crippen LogP contribution >= 0.6 is 0 Å². The van der Waals surface area contributed by atoms with Gasteiger partial charge in [0, 0.05) is 10.8 Å². The number of aromatic nitrogens is 2. The van der Waals surface area contributed by atoms with Crippen molar-refractivity contribution in [2.24, 2.45) is 0 Å². The molecule has 18 heavy (non-hydrogen) atoms. The summed E-state index contributed by atoms with van der Waals surface area (Å²) >= 11 is 0. The quantitative estimate of drug-likeness (QED) is 0.438. The van der Waals surface area contributed by atoms with Gasteiger partial charge in [-0.25, -0.2) is 4.98 Å². The Morgan fingerprint density at radius 3 is 2.83 bits per heavy atom. The molecule has 0 radical (unpaired) electrons. The van der Waals surface area contributed by atoms with Crippen LogP contribution in [-0.4, -0.2) is 9.38 Å². The van der Waals surface area contributed by atoms with Crippen LogP contribution in [0.15, 0.2) is 47.4 Å². The fourth-order valence-electron chi connectivity index (χ4n) is 2.61. The van der Waals surface area contributed by atoms with E-state index in [1.807, 2.05) is 53.9 Å². The molecule has 0 amide bonds. The monoisotopic (exact) mass is 234 g/mol. The average Bonchev–Trinajstić information content (AvgIpc) is 2.80. The van der Waals surface area contributed by atoms with Gasteiger partial charge in [-0.3, -0.25) is 9.20 Å². The highest BCUT2D eigenvalue weighted by molar-refractivity contribution is 6.00. The Hall–Kier alpha value is -2.42. The molecule has 0 saturated heterocycles. The molecule has 0 aliphatic rings. The van der Waals surface area contributed by atoms with Crippen LogP contribution in [-0.2, 0) is 0 Å². The van der Waals surface area contributed by atoms with Crippen LogP contribution < -0.4 is 5.43 Å². The molecular weight excluding hydrogens is 224 g/mol. The molecule has 0 unspecified atom stereocenters. The van der Waals surface area contributed by atoms with E-state index < -0.39 is 0 Å². The van der Waals surface area contributed by atoms with Crippen LogP contribution in [0.3, 0.4) is 0 Å². The highest BCUT2D eigenvalue weighted by Gasteiger charge is 2.11. The fourth-order valence-corrected chi connectivity index (χ4v) is 2.61. The van der Waals surface area contributed by atoms with Crippen molar-refractivity contribution < 1.29 is 0 Å². The lowest BCUT2D eigenvalue weighted by Crippen LogP contribution is -2.07. The van der Waals surface area contributed by atoms with Crippen LogP contribution in [0.4, 0.5) is 0 Å². The molecule has 3 heterocycles. The van der Waals surface area contributed by atoms with Gasteiger partial charge in [-0.1, -0.05) is 23.8 Å².